The molecule has 0 spiro atoms. The Balaban J connectivity index is 1.05. The van der Waals surface area contributed by atoms with Crippen LogP contribution in [0.25, 0.3) is 0 Å². The summed E-state index contributed by atoms with van der Waals surface area (Å²) in [6, 6.07) is 45.1. The molecular weight excluding hydrogens is 657 g/mol. The van der Waals surface area contributed by atoms with Crippen LogP contribution in [-0.2, 0) is 21.0 Å². The maximum atomic E-state index is 13.4. The molecule has 0 aliphatic carbocycles. The molecule has 0 aliphatic rings. The van der Waals surface area contributed by atoms with Gasteiger partial charge in [0, 0.05) is 11.1 Å². The average molecular weight is 691 g/mol. The molecule has 0 fully saturated rings. The number of ether oxygens (including phenoxy) is 2. The van der Waals surface area contributed by atoms with Crippen LogP contribution >= 0.6 is 0 Å². The fraction of sp³-hybridized carbons (Fsp3) is 0.0909. The number of benzene rings is 6. The van der Waals surface area contributed by atoms with E-state index < -0.39 is 21.0 Å². The highest BCUT2D eigenvalue weighted by atomic mass is 32.2. The summed E-state index contributed by atoms with van der Waals surface area (Å²) in [7, 11) is -3.79. The second-order valence-corrected chi connectivity index (χ2v) is 14.0. The predicted octanol–water partition coefficient (Wildman–Crippen LogP) is 8.62. The molecule has 0 bridgehead atoms. The van der Waals surface area contributed by atoms with Crippen molar-refractivity contribution >= 4 is 9.84 Å². The standard InChI is InChI=1S/C44H34O6S/c1-43(45,35-9-5-3-6-10-35)31-29-33-13-17-37(18-14-33)49-39-21-25-41(26-22-39)51(47,48)42-27-23-40(24-28-42)50-38-19-15-34(16-20-38)30-32-44(2,46)36-11-7-4-8-12-36/h3-28,45-46H,1-2H3. The molecule has 0 amide bonds. The minimum absolute atomic E-state index is 0.127. The summed E-state index contributed by atoms with van der Waals surface area (Å²) in [4.78, 5) is 0.255. The van der Waals surface area contributed by atoms with Crippen molar-refractivity contribution in [2.24, 2.45) is 0 Å². The maximum Gasteiger partial charge on any atom is 0.206 e. The molecule has 7 heteroatoms. The third kappa shape index (κ3) is 8.75. The summed E-state index contributed by atoms with van der Waals surface area (Å²) in [5, 5.41) is 21.4. The van der Waals surface area contributed by atoms with E-state index in [1.165, 1.54) is 24.3 Å². The lowest BCUT2D eigenvalue weighted by Gasteiger charge is -2.16. The zero-order valence-corrected chi connectivity index (χ0v) is 28.8. The Morgan fingerprint density at radius 3 is 1.06 bits per heavy atom. The lowest BCUT2D eigenvalue weighted by Crippen LogP contribution is -2.18. The highest BCUT2D eigenvalue weighted by molar-refractivity contribution is 7.91. The number of sulfone groups is 1. The van der Waals surface area contributed by atoms with Gasteiger partial charge >= 0.3 is 0 Å². The molecule has 0 aromatic heterocycles. The summed E-state index contributed by atoms with van der Waals surface area (Å²) in [5.41, 5.74) is 0.285. The molecule has 252 valence electrons. The van der Waals surface area contributed by atoms with Crippen molar-refractivity contribution in [3.8, 4) is 46.7 Å². The van der Waals surface area contributed by atoms with Gasteiger partial charge in [0.05, 0.1) is 9.79 Å². The average Bonchev–Trinajstić information content (AvgIpc) is 3.15. The van der Waals surface area contributed by atoms with Gasteiger partial charge in [-0.1, -0.05) is 84.3 Å². The Morgan fingerprint density at radius 2 is 0.745 bits per heavy atom. The molecule has 2 atom stereocenters. The zero-order valence-electron chi connectivity index (χ0n) is 27.9. The van der Waals surface area contributed by atoms with Crippen LogP contribution in [0.5, 0.6) is 23.0 Å². The van der Waals surface area contributed by atoms with Crippen LogP contribution in [0.1, 0.15) is 36.1 Å². The number of aliphatic hydroxyl groups is 2. The summed E-state index contributed by atoms with van der Waals surface area (Å²) in [6.07, 6.45) is 0. The van der Waals surface area contributed by atoms with Crippen molar-refractivity contribution in [1.29, 1.82) is 0 Å². The third-order valence-electron chi connectivity index (χ3n) is 8.02. The normalized spacial score (nSPS) is 13.3. The Bertz CT molecular complexity index is 2160. The smallest absolute Gasteiger partial charge is 0.206 e. The van der Waals surface area contributed by atoms with E-state index >= 15 is 0 Å². The fourth-order valence-corrected chi connectivity index (χ4v) is 6.31. The second-order valence-electron chi connectivity index (χ2n) is 12.1. The Hall–Kier alpha value is -6.09. The molecular formula is C44H34O6S. The van der Waals surface area contributed by atoms with Gasteiger partial charge in [-0.25, -0.2) is 8.42 Å². The van der Waals surface area contributed by atoms with Crippen LogP contribution in [0.4, 0.5) is 0 Å². The molecule has 0 radical (unpaired) electrons. The molecule has 0 saturated heterocycles. The summed E-state index contributed by atoms with van der Waals surface area (Å²) >= 11 is 0. The van der Waals surface area contributed by atoms with Gasteiger partial charge in [-0.3, -0.25) is 0 Å². The minimum atomic E-state index is -3.79. The van der Waals surface area contributed by atoms with Gasteiger partial charge in [0.2, 0.25) is 9.84 Å². The first-order valence-corrected chi connectivity index (χ1v) is 17.6. The first-order valence-electron chi connectivity index (χ1n) is 16.1. The Kier molecular flexibility index (Phi) is 10.1. The molecule has 6 aromatic rings. The third-order valence-corrected chi connectivity index (χ3v) is 9.81. The van der Waals surface area contributed by atoms with Crippen LogP contribution in [0.3, 0.4) is 0 Å². The Labute approximate surface area is 298 Å². The van der Waals surface area contributed by atoms with E-state index in [1.807, 2.05) is 60.7 Å². The second kappa shape index (κ2) is 14.8. The number of hydrogen-bond acceptors (Lipinski definition) is 6. The van der Waals surface area contributed by atoms with Crippen molar-refractivity contribution < 1.29 is 28.1 Å². The Morgan fingerprint density at radius 1 is 0.451 bits per heavy atom. The molecule has 0 aliphatic heterocycles. The van der Waals surface area contributed by atoms with Crippen LogP contribution in [0.15, 0.2) is 168 Å². The molecule has 0 heterocycles. The van der Waals surface area contributed by atoms with E-state index in [9.17, 15) is 18.6 Å². The minimum Gasteiger partial charge on any atom is -0.457 e. The molecule has 6 nitrogen and oxygen atoms in total. The first-order chi connectivity index (χ1) is 24.5. The van der Waals surface area contributed by atoms with Crippen LogP contribution in [0.2, 0.25) is 0 Å². The first kappa shape index (κ1) is 34.8. The maximum absolute atomic E-state index is 13.4. The van der Waals surface area contributed by atoms with E-state index in [1.54, 1.807) is 86.6 Å². The molecule has 6 aromatic carbocycles. The van der Waals surface area contributed by atoms with E-state index in [-0.39, 0.29) is 9.79 Å². The van der Waals surface area contributed by atoms with Gasteiger partial charge in [-0.05, 0) is 122 Å². The topological polar surface area (TPSA) is 93.1 Å². The molecule has 51 heavy (non-hydrogen) atoms. The van der Waals surface area contributed by atoms with Gasteiger partial charge in [0.1, 0.15) is 34.2 Å². The van der Waals surface area contributed by atoms with Gasteiger partial charge in [0.15, 0.2) is 0 Å². The lowest BCUT2D eigenvalue weighted by atomic mass is 9.96. The number of rotatable bonds is 8. The largest absolute Gasteiger partial charge is 0.457 e. The highest BCUT2D eigenvalue weighted by Gasteiger charge is 2.21. The quantitative estimate of drug-likeness (QED) is 0.155. The number of hydrogen-bond donors (Lipinski definition) is 2. The predicted molar refractivity (Wildman–Crippen MR) is 197 cm³/mol. The van der Waals surface area contributed by atoms with Crippen LogP contribution in [-0.4, -0.2) is 18.6 Å². The van der Waals surface area contributed by atoms with Crippen molar-refractivity contribution in [3.63, 3.8) is 0 Å². The lowest BCUT2D eigenvalue weighted by molar-refractivity contribution is 0.121. The van der Waals surface area contributed by atoms with Gasteiger partial charge in [-0.2, -0.15) is 0 Å². The summed E-state index contributed by atoms with van der Waals surface area (Å²) < 4.78 is 38.5. The van der Waals surface area contributed by atoms with E-state index in [0.29, 0.717) is 45.3 Å². The van der Waals surface area contributed by atoms with Crippen molar-refractivity contribution in [3.05, 3.63) is 180 Å². The summed E-state index contributed by atoms with van der Waals surface area (Å²) in [6.45, 7) is 3.31. The van der Waals surface area contributed by atoms with Crippen molar-refractivity contribution in [1.82, 2.24) is 0 Å². The van der Waals surface area contributed by atoms with E-state index in [0.717, 1.165) is 0 Å². The molecule has 0 saturated carbocycles. The van der Waals surface area contributed by atoms with Crippen molar-refractivity contribution in [2.75, 3.05) is 0 Å². The molecule has 2 N–H and O–H groups in total. The zero-order chi connectivity index (χ0) is 35.9. The van der Waals surface area contributed by atoms with Crippen LogP contribution in [0, 0.1) is 23.7 Å². The molecule has 2 unspecified atom stereocenters. The SMILES string of the molecule is CC(O)(C#Cc1ccc(Oc2ccc(S(=O)(=O)c3ccc(Oc4ccc(C#CC(C)(O)c5ccccc5)cc4)cc3)cc2)cc1)c1ccccc1. The summed E-state index contributed by atoms with van der Waals surface area (Å²) in [5.74, 6) is 13.9. The monoisotopic (exact) mass is 690 g/mol. The fourth-order valence-electron chi connectivity index (χ4n) is 5.05. The van der Waals surface area contributed by atoms with Gasteiger partial charge in [0.25, 0.3) is 0 Å². The van der Waals surface area contributed by atoms with Crippen molar-refractivity contribution in [2.45, 2.75) is 34.8 Å². The molecule has 6 rings (SSSR count). The highest BCUT2D eigenvalue weighted by Crippen LogP contribution is 2.29. The van der Waals surface area contributed by atoms with E-state index in [2.05, 4.69) is 23.7 Å². The van der Waals surface area contributed by atoms with Crippen LogP contribution < -0.4 is 9.47 Å². The van der Waals surface area contributed by atoms with E-state index in [4.69, 9.17) is 9.47 Å². The van der Waals surface area contributed by atoms with Gasteiger partial charge in [-0.15, -0.1) is 0 Å². The van der Waals surface area contributed by atoms with Gasteiger partial charge < -0.3 is 19.7 Å².